The number of rotatable bonds is 31. The van der Waals surface area contributed by atoms with Gasteiger partial charge in [-0.05, 0) is 36.3 Å². The lowest BCUT2D eigenvalue weighted by Crippen LogP contribution is -2.54. The van der Waals surface area contributed by atoms with Crippen LogP contribution in [0.4, 0.5) is 0 Å². The number of benzene rings is 2. The minimum absolute atomic E-state index is 0.0482. The van der Waals surface area contributed by atoms with Gasteiger partial charge in [-0.1, -0.05) is 151 Å². The van der Waals surface area contributed by atoms with E-state index in [0.717, 1.165) is 107 Å². The first-order chi connectivity index (χ1) is 28.9. The van der Waals surface area contributed by atoms with Crippen LogP contribution in [0, 0.1) is 5.92 Å². The number of carboxylic acids is 1. The zero-order valence-corrected chi connectivity index (χ0v) is 35.2. The van der Waals surface area contributed by atoms with Gasteiger partial charge in [0.05, 0.1) is 6.42 Å². The van der Waals surface area contributed by atoms with E-state index in [2.05, 4.69) is 21.3 Å². The third-order valence-corrected chi connectivity index (χ3v) is 11.2. The standard InChI is InChI=1S/C46H68N6O8/c47-40(53)32-38(45(58)52-39(46(59)60)31-35-23-15-12-16-24-35)50-42(55)28-18-10-8-6-4-2-1-3-5-7-9-17-27-41(54)49-37(30-34-25-19-20-26-34)44(57)51-36(43(48)56)29-33-21-13-11-14-22-33/h11-16,21-24,34,36-39H,1-10,17-20,25-32H2,(H2,47,53)(H2,48,56)(H,49,54)(H,50,55)(H,51,57)(H,52,58)(H,59,60)/t36-,37-,38-,39-/m0/s1. The molecule has 0 aliphatic heterocycles. The highest BCUT2D eigenvalue weighted by Gasteiger charge is 2.30. The molecule has 330 valence electrons. The maximum atomic E-state index is 13.4. The predicted octanol–water partition coefficient (Wildman–Crippen LogP) is 4.90. The Labute approximate surface area is 355 Å². The van der Waals surface area contributed by atoms with Gasteiger partial charge in [0, 0.05) is 25.7 Å². The number of carbonyl (C=O) groups is 7. The van der Waals surface area contributed by atoms with Crippen LogP contribution in [-0.2, 0) is 46.4 Å². The largest absolute Gasteiger partial charge is 0.480 e. The zero-order valence-electron chi connectivity index (χ0n) is 35.2. The van der Waals surface area contributed by atoms with E-state index >= 15 is 0 Å². The summed E-state index contributed by atoms with van der Waals surface area (Å²) < 4.78 is 0. The summed E-state index contributed by atoms with van der Waals surface area (Å²) in [6.07, 6.45) is 17.1. The van der Waals surface area contributed by atoms with Gasteiger partial charge in [-0.25, -0.2) is 4.79 Å². The van der Waals surface area contributed by atoms with Gasteiger partial charge in [0.15, 0.2) is 0 Å². The Morgan fingerprint density at radius 3 is 1.37 bits per heavy atom. The van der Waals surface area contributed by atoms with Crippen LogP contribution in [0.2, 0.25) is 0 Å². The molecule has 0 bridgehead atoms. The number of primary amides is 2. The van der Waals surface area contributed by atoms with E-state index in [9.17, 15) is 38.7 Å². The van der Waals surface area contributed by atoms with Crippen LogP contribution in [0.1, 0.15) is 140 Å². The fraction of sp³-hybridized carbons (Fsp3) is 0.587. The van der Waals surface area contributed by atoms with Crippen LogP contribution in [0.25, 0.3) is 0 Å². The number of unbranched alkanes of at least 4 members (excludes halogenated alkanes) is 11. The molecule has 0 saturated heterocycles. The average Bonchev–Trinajstić information content (AvgIpc) is 3.73. The molecule has 0 heterocycles. The lowest BCUT2D eigenvalue weighted by Gasteiger charge is -2.24. The normalized spacial score (nSPS) is 14.6. The van der Waals surface area contributed by atoms with Gasteiger partial charge in [-0.15, -0.1) is 0 Å². The predicted molar refractivity (Wildman–Crippen MR) is 230 cm³/mol. The maximum absolute atomic E-state index is 13.4. The molecule has 2 aromatic rings. The van der Waals surface area contributed by atoms with Gasteiger partial charge >= 0.3 is 5.97 Å². The Morgan fingerprint density at radius 1 is 0.533 bits per heavy atom. The highest BCUT2D eigenvalue weighted by atomic mass is 16.4. The highest BCUT2D eigenvalue weighted by molar-refractivity contribution is 5.94. The molecule has 1 fully saturated rings. The van der Waals surface area contributed by atoms with Crippen molar-refractivity contribution in [2.24, 2.45) is 17.4 Å². The summed E-state index contributed by atoms with van der Waals surface area (Å²) >= 11 is 0. The molecule has 1 aliphatic carbocycles. The first kappa shape index (κ1) is 49.1. The molecule has 2 aromatic carbocycles. The van der Waals surface area contributed by atoms with E-state index < -0.39 is 60.2 Å². The summed E-state index contributed by atoms with van der Waals surface area (Å²) in [4.78, 5) is 87.4. The van der Waals surface area contributed by atoms with Gasteiger partial charge in [-0.2, -0.15) is 0 Å². The molecule has 14 heteroatoms. The average molecular weight is 833 g/mol. The first-order valence-electron chi connectivity index (χ1n) is 22.0. The van der Waals surface area contributed by atoms with Crippen molar-refractivity contribution in [1.29, 1.82) is 0 Å². The fourth-order valence-electron chi connectivity index (χ4n) is 7.76. The molecule has 1 saturated carbocycles. The second-order valence-electron chi connectivity index (χ2n) is 16.3. The lowest BCUT2D eigenvalue weighted by molar-refractivity contribution is -0.142. The lowest BCUT2D eigenvalue weighted by atomic mass is 9.96. The quantitative estimate of drug-likeness (QED) is 0.0515. The Balaban J connectivity index is 1.23. The van der Waals surface area contributed by atoms with Crippen molar-refractivity contribution in [3.05, 3.63) is 71.8 Å². The summed E-state index contributed by atoms with van der Waals surface area (Å²) in [5.41, 5.74) is 12.6. The molecule has 0 aromatic heterocycles. The first-order valence-corrected chi connectivity index (χ1v) is 22.0. The maximum Gasteiger partial charge on any atom is 0.326 e. The van der Waals surface area contributed by atoms with Gasteiger partial charge in [-0.3, -0.25) is 28.8 Å². The summed E-state index contributed by atoms with van der Waals surface area (Å²) in [6.45, 7) is 0. The van der Waals surface area contributed by atoms with Gasteiger partial charge in [0.2, 0.25) is 35.4 Å². The molecular formula is C46H68N6O8. The van der Waals surface area contributed by atoms with Crippen LogP contribution < -0.4 is 32.7 Å². The van der Waals surface area contributed by atoms with E-state index in [1.54, 1.807) is 30.3 Å². The number of aliphatic carboxylic acids is 1. The molecule has 0 radical (unpaired) electrons. The van der Waals surface area contributed by atoms with Crippen LogP contribution in [-0.4, -0.2) is 70.7 Å². The SMILES string of the molecule is NC(=O)C[C@H](NC(=O)CCCCCCCCCCCCCCC(=O)N[C@@H](CC1CCCC1)C(=O)N[C@@H](Cc1ccccc1)C(N)=O)C(=O)N[C@@H](Cc1ccccc1)C(=O)O. The number of hydrogen-bond donors (Lipinski definition) is 7. The topological polar surface area (TPSA) is 240 Å². The number of nitrogens with two attached hydrogens (primary N) is 2. The van der Waals surface area contributed by atoms with Crippen molar-refractivity contribution in [2.75, 3.05) is 0 Å². The van der Waals surface area contributed by atoms with Gasteiger partial charge in [0.25, 0.3) is 0 Å². The summed E-state index contributed by atoms with van der Waals surface area (Å²) in [7, 11) is 0. The number of carboxylic acid groups (broad SMARTS) is 1. The van der Waals surface area contributed by atoms with Crippen LogP contribution in [0.5, 0.6) is 0 Å². The minimum Gasteiger partial charge on any atom is -0.480 e. The number of nitrogens with one attached hydrogen (secondary N) is 4. The van der Waals surface area contributed by atoms with E-state index in [1.165, 1.54) is 0 Å². The molecule has 0 spiro atoms. The van der Waals surface area contributed by atoms with Crippen molar-refractivity contribution in [3.63, 3.8) is 0 Å². The Bertz CT molecular complexity index is 1640. The molecule has 6 amide bonds. The molecule has 14 nitrogen and oxygen atoms in total. The summed E-state index contributed by atoms with van der Waals surface area (Å²) in [6, 6.07) is 14.2. The summed E-state index contributed by atoms with van der Waals surface area (Å²) in [5, 5.41) is 20.4. The van der Waals surface area contributed by atoms with Crippen molar-refractivity contribution >= 4 is 41.4 Å². The number of amides is 6. The Hall–Kier alpha value is -5.27. The van der Waals surface area contributed by atoms with Crippen LogP contribution in [0.15, 0.2) is 60.7 Å². The van der Waals surface area contributed by atoms with E-state index in [-0.39, 0.29) is 24.7 Å². The van der Waals surface area contributed by atoms with Crippen molar-refractivity contribution in [2.45, 2.75) is 165 Å². The van der Waals surface area contributed by atoms with E-state index in [1.807, 2.05) is 30.3 Å². The second-order valence-corrected chi connectivity index (χ2v) is 16.3. The third-order valence-electron chi connectivity index (χ3n) is 11.2. The molecule has 0 unspecified atom stereocenters. The Kier molecular flexibility index (Phi) is 23.1. The minimum atomic E-state index is -1.26. The molecule has 60 heavy (non-hydrogen) atoms. The molecule has 1 aliphatic rings. The molecule has 9 N–H and O–H groups in total. The number of carbonyl (C=O) groups excluding carboxylic acids is 6. The second kappa shape index (κ2) is 28.2. The monoisotopic (exact) mass is 833 g/mol. The zero-order chi connectivity index (χ0) is 43.5. The van der Waals surface area contributed by atoms with Crippen molar-refractivity contribution in [3.8, 4) is 0 Å². The Morgan fingerprint density at radius 2 is 0.933 bits per heavy atom. The van der Waals surface area contributed by atoms with E-state index in [4.69, 9.17) is 11.5 Å². The van der Waals surface area contributed by atoms with E-state index in [0.29, 0.717) is 31.6 Å². The van der Waals surface area contributed by atoms with Crippen molar-refractivity contribution in [1.82, 2.24) is 21.3 Å². The fourth-order valence-corrected chi connectivity index (χ4v) is 7.76. The molecule has 3 rings (SSSR count). The van der Waals surface area contributed by atoms with Gasteiger partial charge in [0.1, 0.15) is 24.2 Å². The van der Waals surface area contributed by atoms with Gasteiger partial charge < -0.3 is 37.8 Å². The van der Waals surface area contributed by atoms with Crippen LogP contribution in [0.3, 0.4) is 0 Å². The third kappa shape index (κ3) is 20.6. The van der Waals surface area contributed by atoms with Crippen LogP contribution >= 0.6 is 0 Å². The molecule has 4 atom stereocenters. The molecular weight excluding hydrogens is 765 g/mol. The van der Waals surface area contributed by atoms with Crippen molar-refractivity contribution < 1.29 is 38.7 Å². The number of hydrogen-bond acceptors (Lipinski definition) is 7. The highest BCUT2D eigenvalue weighted by Crippen LogP contribution is 2.29. The summed E-state index contributed by atoms with van der Waals surface area (Å²) in [5.74, 6) is -3.93. The smallest absolute Gasteiger partial charge is 0.326 e.